The highest BCUT2D eigenvalue weighted by molar-refractivity contribution is 7.20. The van der Waals surface area contributed by atoms with Crippen LogP contribution in [-0.4, -0.2) is 12.2 Å². The minimum absolute atomic E-state index is 0.0278. The molecule has 2 aromatic rings. The lowest BCUT2D eigenvalue weighted by molar-refractivity contribution is 0.282. The van der Waals surface area contributed by atoms with Crippen LogP contribution in [0.1, 0.15) is 5.56 Å². The second-order valence-corrected chi connectivity index (χ2v) is 4.06. The summed E-state index contributed by atoms with van der Waals surface area (Å²) in [6, 6.07) is 5.70. The van der Waals surface area contributed by atoms with Crippen LogP contribution in [0.15, 0.2) is 18.2 Å². The molecule has 0 aliphatic heterocycles. The summed E-state index contributed by atoms with van der Waals surface area (Å²) < 4.78 is 6.21. The van der Waals surface area contributed by atoms with E-state index in [0.717, 1.165) is 20.7 Å². The average Bonchev–Trinajstić information content (AvgIpc) is 2.58. The van der Waals surface area contributed by atoms with Gasteiger partial charge >= 0.3 is 0 Å². The molecule has 1 aromatic carbocycles. The summed E-state index contributed by atoms with van der Waals surface area (Å²) in [5.41, 5.74) is 7.14. The van der Waals surface area contributed by atoms with E-state index in [1.807, 2.05) is 18.2 Å². The molecule has 0 aliphatic carbocycles. The van der Waals surface area contributed by atoms with E-state index in [1.165, 1.54) is 0 Å². The van der Waals surface area contributed by atoms with Gasteiger partial charge in [0, 0.05) is 16.0 Å². The van der Waals surface area contributed by atoms with Crippen molar-refractivity contribution in [1.29, 1.82) is 0 Å². The van der Waals surface area contributed by atoms with Crippen molar-refractivity contribution in [3.63, 3.8) is 0 Å². The third-order valence-corrected chi connectivity index (χ3v) is 3.19. The molecule has 1 heterocycles. The Balaban J connectivity index is 2.64. The Bertz CT molecular complexity index is 464. The summed E-state index contributed by atoms with van der Waals surface area (Å²) in [7, 11) is 1.64. The molecule has 3 nitrogen and oxygen atoms in total. The predicted molar refractivity (Wildman–Crippen MR) is 58.7 cm³/mol. The first kappa shape index (κ1) is 9.30. The summed E-state index contributed by atoms with van der Waals surface area (Å²) in [4.78, 5) is 0. The lowest BCUT2D eigenvalue weighted by atomic mass is 10.1. The maximum Gasteiger partial charge on any atom is 0.174 e. The summed E-state index contributed by atoms with van der Waals surface area (Å²) in [5.74, 6) is 0. The van der Waals surface area contributed by atoms with Crippen molar-refractivity contribution >= 4 is 27.1 Å². The van der Waals surface area contributed by atoms with Crippen LogP contribution < -0.4 is 10.5 Å². The summed E-state index contributed by atoms with van der Waals surface area (Å²) in [5, 5.41) is 11.0. The molecule has 0 saturated heterocycles. The van der Waals surface area contributed by atoms with Gasteiger partial charge in [0.15, 0.2) is 5.06 Å². The van der Waals surface area contributed by atoms with Crippen LogP contribution in [0.4, 0.5) is 5.69 Å². The minimum atomic E-state index is -0.0278. The number of aliphatic hydroxyl groups is 1. The minimum Gasteiger partial charge on any atom is -0.487 e. The number of thiophene rings is 1. The second-order valence-electron chi connectivity index (χ2n) is 3.02. The van der Waals surface area contributed by atoms with Crippen LogP contribution in [0.5, 0.6) is 5.06 Å². The molecule has 3 N–H and O–H groups in total. The number of nitrogen functional groups attached to an aromatic ring is 1. The Morgan fingerprint density at radius 1 is 1.43 bits per heavy atom. The van der Waals surface area contributed by atoms with Gasteiger partial charge in [-0.2, -0.15) is 0 Å². The van der Waals surface area contributed by atoms with E-state index in [4.69, 9.17) is 15.6 Å². The molecule has 74 valence electrons. The van der Waals surface area contributed by atoms with E-state index in [9.17, 15) is 0 Å². The number of rotatable bonds is 2. The number of methoxy groups -OCH3 is 1. The van der Waals surface area contributed by atoms with Gasteiger partial charge in [0.05, 0.1) is 13.7 Å². The average molecular weight is 209 g/mol. The SMILES string of the molecule is COc1cc2cc(CO)c(N)cc2s1. The van der Waals surface area contributed by atoms with Gasteiger partial charge in [-0.1, -0.05) is 11.3 Å². The maximum atomic E-state index is 9.03. The third kappa shape index (κ3) is 1.42. The Kier molecular flexibility index (Phi) is 2.31. The number of benzene rings is 1. The number of nitrogens with two attached hydrogens (primary N) is 1. The zero-order valence-corrected chi connectivity index (χ0v) is 8.60. The summed E-state index contributed by atoms with van der Waals surface area (Å²) >= 11 is 1.55. The number of hydrogen-bond donors (Lipinski definition) is 2. The van der Waals surface area contributed by atoms with Gasteiger partial charge in [0.1, 0.15) is 0 Å². The summed E-state index contributed by atoms with van der Waals surface area (Å²) in [6.07, 6.45) is 0. The lowest BCUT2D eigenvalue weighted by Gasteiger charge is -2.00. The zero-order valence-electron chi connectivity index (χ0n) is 7.78. The van der Waals surface area contributed by atoms with E-state index in [1.54, 1.807) is 18.4 Å². The Morgan fingerprint density at radius 2 is 2.21 bits per heavy atom. The molecular weight excluding hydrogens is 198 g/mol. The fourth-order valence-corrected chi connectivity index (χ4v) is 2.27. The fraction of sp³-hybridized carbons (Fsp3) is 0.200. The summed E-state index contributed by atoms with van der Waals surface area (Å²) in [6.45, 7) is -0.0278. The van der Waals surface area contributed by atoms with Gasteiger partial charge < -0.3 is 15.6 Å². The molecule has 0 amide bonds. The number of hydrogen-bond acceptors (Lipinski definition) is 4. The zero-order chi connectivity index (χ0) is 10.1. The number of ether oxygens (including phenoxy) is 1. The fourth-order valence-electron chi connectivity index (χ4n) is 1.36. The van der Waals surface area contributed by atoms with Crippen LogP contribution in [0, 0.1) is 0 Å². The molecule has 0 saturated carbocycles. The van der Waals surface area contributed by atoms with E-state index in [2.05, 4.69) is 0 Å². The number of aliphatic hydroxyl groups excluding tert-OH is 1. The molecule has 0 spiro atoms. The van der Waals surface area contributed by atoms with Gasteiger partial charge in [0.25, 0.3) is 0 Å². The van der Waals surface area contributed by atoms with Gasteiger partial charge in [0.2, 0.25) is 0 Å². The van der Waals surface area contributed by atoms with E-state index in [-0.39, 0.29) is 6.61 Å². The van der Waals surface area contributed by atoms with Gasteiger partial charge in [-0.25, -0.2) is 0 Å². The normalized spacial score (nSPS) is 10.7. The predicted octanol–water partition coefficient (Wildman–Crippen LogP) is 1.98. The molecule has 0 fully saturated rings. The first-order chi connectivity index (χ1) is 6.74. The largest absolute Gasteiger partial charge is 0.487 e. The molecule has 1 aromatic heterocycles. The van der Waals surface area contributed by atoms with Crippen molar-refractivity contribution in [1.82, 2.24) is 0 Å². The lowest BCUT2D eigenvalue weighted by Crippen LogP contribution is -1.92. The molecule has 0 aliphatic rings. The van der Waals surface area contributed by atoms with Crippen molar-refractivity contribution in [2.45, 2.75) is 6.61 Å². The van der Waals surface area contributed by atoms with Crippen molar-refractivity contribution in [2.75, 3.05) is 12.8 Å². The third-order valence-electron chi connectivity index (χ3n) is 2.13. The molecule has 2 rings (SSSR count). The van der Waals surface area contributed by atoms with Crippen molar-refractivity contribution in [3.8, 4) is 5.06 Å². The Morgan fingerprint density at radius 3 is 2.86 bits per heavy atom. The monoisotopic (exact) mass is 209 g/mol. The molecule has 0 radical (unpaired) electrons. The van der Waals surface area contributed by atoms with Crippen LogP contribution >= 0.6 is 11.3 Å². The number of anilines is 1. The van der Waals surface area contributed by atoms with E-state index < -0.39 is 0 Å². The Hall–Kier alpha value is -1.26. The maximum absolute atomic E-state index is 9.03. The smallest absolute Gasteiger partial charge is 0.174 e. The second kappa shape index (κ2) is 3.48. The van der Waals surface area contributed by atoms with Gasteiger partial charge in [-0.15, -0.1) is 0 Å². The van der Waals surface area contributed by atoms with Gasteiger partial charge in [-0.3, -0.25) is 0 Å². The first-order valence-corrected chi connectivity index (χ1v) is 5.03. The van der Waals surface area contributed by atoms with Crippen LogP contribution in [0.2, 0.25) is 0 Å². The van der Waals surface area contributed by atoms with E-state index in [0.29, 0.717) is 5.69 Å². The van der Waals surface area contributed by atoms with Crippen molar-refractivity contribution in [3.05, 3.63) is 23.8 Å². The molecule has 0 unspecified atom stereocenters. The van der Waals surface area contributed by atoms with Crippen LogP contribution in [0.25, 0.3) is 10.1 Å². The highest BCUT2D eigenvalue weighted by atomic mass is 32.1. The molecule has 0 bridgehead atoms. The van der Waals surface area contributed by atoms with Gasteiger partial charge in [-0.05, 0) is 23.6 Å². The van der Waals surface area contributed by atoms with Crippen molar-refractivity contribution < 1.29 is 9.84 Å². The molecule has 14 heavy (non-hydrogen) atoms. The topological polar surface area (TPSA) is 55.5 Å². The standard InChI is InChI=1S/C10H11NO2S/c1-13-10-3-6-2-7(5-12)8(11)4-9(6)14-10/h2-4,12H,5,11H2,1H3. The highest BCUT2D eigenvalue weighted by Crippen LogP contribution is 2.34. The van der Waals surface area contributed by atoms with Crippen molar-refractivity contribution in [2.24, 2.45) is 0 Å². The highest BCUT2D eigenvalue weighted by Gasteiger charge is 2.05. The molecule has 4 heteroatoms. The number of fused-ring (bicyclic) bond motifs is 1. The first-order valence-electron chi connectivity index (χ1n) is 4.21. The van der Waals surface area contributed by atoms with Crippen LogP contribution in [0.3, 0.4) is 0 Å². The van der Waals surface area contributed by atoms with Crippen LogP contribution in [-0.2, 0) is 6.61 Å². The molecule has 0 atom stereocenters. The van der Waals surface area contributed by atoms with E-state index >= 15 is 0 Å². The Labute approximate surface area is 85.7 Å². The molecular formula is C10H11NO2S. The quantitative estimate of drug-likeness (QED) is 0.744.